The molecule has 0 aliphatic carbocycles. The van der Waals surface area contributed by atoms with Gasteiger partial charge in [-0.25, -0.2) is 0 Å². The molecule has 108 valence electrons. The number of nitrogens with zero attached hydrogens (tertiary/aromatic N) is 2. The topological polar surface area (TPSA) is 38.0 Å². The number of halogens is 1. The van der Waals surface area contributed by atoms with Crippen molar-refractivity contribution in [3.05, 3.63) is 45.7 Å². The first-order chi connectivity index (χ1) is 9.52. The molecule has 5 heteroatoms. The molecule has 3 nitrogen and oxygen atoms in total. The van der Waals surface area contributed by atoms with Crippen LogP contribution in [0.15, 0.2) is 33.6 Å². The Kier molecular flexibility index (Phi) is 5.29. The van der Waals surface area contributed by atoms with Gasteiger partial charge in [0.25, 0.3) is 0 Å². The largest absolute Gasteiger partial charge is 0.389 e. The average molecular weight is 355 g/mol. The summed E-state index contributed by atoms with van der Waals surface area (Å²) in [6, 6.07) is 8.06. The summed E-state index contributed by atoms with van der Waals surface area (Å²) in [7, 11) is 1.98. The summed E-state index contributed by atoms with van der Waals surface area (Å²) in [5.41, 5.74) is 3.25. The maximum absolute atomic E-state index is 9.50. The van der Waals surface area contributed by atoms with Crippen molar-refractivity contribution >= 4 is 27.7 Å². The van der Waals surface area contributed by atoms with E-state index in [-0.39, 0.29) is 0 Å². The van der Waals surface area contributed by atoms with Crippen LogP contribution in [-0.2, 0) is 19.2 Å². The van der Waals surface area contributed by atoms with Crippen LogP contribution in [0.4, 0.5) is 0 Å². The van der Waals surface area contributed by atoms with Gasteiger partial charge in [0.1, 0.15) is 0 Å². The van der Waals surface area contributed by atoms with Gasteiger partial charge in [0.05, 0.1) is 22.0 Å². The second-order valence-corrected chi connectivity index (χ2v) is 6.56. The van der Waals surface area contributed by atoms with Gasteiger partial charge < -0.3 is 5.11 Å². The fourth-order valence-corrected chi connectivity index (χ4v) is 3.88. The van der Waals surface area contributed by atoms with E-state index >= 15 is 0 Å². The summed E-state index contributed by atoms with van der Waals surface area (Å²) in [4.78, 5) is 1.19. The molecule has 1 unspecified atom stereocenters. The van der Waals surface area contributed by atoms with E-state index < -0.39 is 6.10 Å². The van der Waals surface area contributed by atoms with Crippen LogP contribution < -0.4 is 0 Å². The van der Waals surface area contributed by atoms with E-state index in [0.29, 0.717) is 0 Å². The van der Waals surface area contributed by atoms with E-state index in [1.165, 1.54) is 10.6 Å². The molecule has 0 saturated heterocycles. The highest BCUT2D eigenvalue weighted by molar-refractivity contribution is 9.10. The lowest BCUT2D eigenvalue weighted by Crippen LogP contribution is -1.97. The zero-order valence-corrected chi connectivity index (χ0v) is 14.3. The van der Waals surface area contributed by atoms with E-state index in [1.807, 2.05) is 23.9 Å². The van der Waals surface area contributed by atoms with Crippen LogP contribution in [0.5, 0.6) is 0 Å². The van der Waals surface area contributed by atoms with Crippen LogP contribution in [-0.4, -0.2) is 14.9 Å². The van der Waals surface area contributed by atoms with Crippen molar-refractivity contribution in [1.82, 2.24) is 9.78 Å². The van der Waals surface area contributed by atoms with Crippen molar-refractivity contribution < 1.29 is 5.11 Å². The van der Waals surface area contributed by atoms with Crippen molar-refractivity contribution in [2.75, 3.05) is 0 Å². The Bertz CT molecular complexity index is 578. The Morgan fingerprint density at radius 2 is 2.00 bits per heavy atom. The maximum atomic E-state index is 9.50. The minimum atomic E-state index is -0.410. The van der Waals surface area contributed by atoms with E-state index in [2.05, 4.69) is 40.1 Å². The maximum Gasteiger partial charge on any atom is 0.0767 e. The van der Waals surface area contributed by atoms with Crippen molar-refractivity contribution in [3.63, 3.8) is 0 Å². The van der Waals surface area contributed by atoms with Gasteiger partial charge in [0, 0.05) is 17.7 Å². The molecule has 1 N–H and O–H groups in total. The second-order valence-electron chi connectivity index (χ2n) is 4.72. The molecule has 0 radical (unpaired) electrons. The van der Waals surface area contributed by atoms with Gasteiger partial charge in [-0.1, -0.05) is 19.1 Å². The summed E-state index contributed by atoms with van der Waals surface area (Å²) in [5.74, 6) is 0.873. The van der Waals surface area contributed by atoms with E-state index in [4.69, 9.17) is 0 Å². The molecule has 0 aliphatic heterocycles. The highest BCUT2D eigenvalue weighted by atomic mass is 79.9. The van der Waals surface area contributed by atoms with Crippen molar-refractivity contribution in [2.45, 2.75) is 37.0 Å². The number of hydrogen-bond acceptors (Lipinski definition) is 3. The molecule has 2 rings (SSSR count). The predicted molar refractivity (Wildman–Crippen MR) is 86.9 cm³/mol. The number of hydrogen-bond donors (Lipinski definition) is 1. The van der Waals surface area contributed by atoms with Crippen molar-refractivity contribution in [3.8, 4) is 0 Å². The number of aromatic nitrogens is 2. The number of thioether (sulfide) groups is 1. The highest BCUT2D eigenvalue weighted by Gasteiger charge is 2.12. The Morgan fingerprint density at radius 3 is 2.50 bits per heavy atom. The van der Waals surface area contributed by atoms with Crippen LogP contribution in [0.3, 0.4) is 0 Å². The first-order valence-electron chi connectivity index (χ1n) is 6.64. The van der Waals surface area contributed by atoms with Crippen LogP contribution >= 0.6 is 27.7 Å². The molecule has 2 aromatic rings. The van der Waals surface area contributed by atoms with E-state index in [9.17, 15) is 5.11 Å². The Labute approximate surface area is 132 Å². The van der Waals surface area contributed by atoms with Gasteiger partial charge in [-0.15, -0.1) is 11.8 Å². The molecule has 0 spiro atoms. The average Bonchev–Trinajstić information content (AvgIpc) is 2.71. The molecule has 1 aromatic heterocycles. The standard InChI is InChI=1S/C15H19BrN2OS/c1-4-13-15(16)14(18(3)17-13)9-20-12-7-5-11(6-8-12)10(2)19/h5-8,10,19H,4,9H2,1-3H3. The van der Waals surface area contributed by atoms with Gasteiger partial charge >= 0.3 is 0 Å². The summed E-state index contributed by atoms with van der Waals surface area (Å²) in [6.07, 6.45) is 0.523. The predicted octanol–water partition coefficient (Wildman–Crippen LogP) is 4.09. The van der Waals surface area contributed by atoms with Crippen LogP contribution in [0.1, 0.15) is 36.9 Å². The molecule has 0 aliphatic rings. The molecular formula is C15H19BrN2OS. The minimum Gasteiger partial charge on any atom is -0.389 e. The number of aryl methyl sites for hydroxylation is 2. The zero-order valence-electron chi connectivity index (χ0n) is 11.9. The van der Waals surface area contributed by atoms with Crippen LogP contribution in [0, 0.1) is 0 Å². The molecular weight excluding hydrogens is 336 g/mol. The highest BCUT2D eigenvalue weighted by Crippen LogP contribution is 2.29. The van der Waals surface area contributed by atoms with Gasteiger partial charge in [0.2, 0.25) is 0 Å². The Balaban J connectivity index is 2.07. The molecule has 0 amide bonds. The SMILES string of the molecule is CCc1nn(C)c(CSc2ccc(C(C)O)cc2)c1Br. The second kappa shape index (κ2) is 6.78. The Hall–Kier alpha value is -0.780. The lowest BCUT2D eigenvalue weighted by molar-refractivity contribution is 0.199. The van der Waals surface area contributed by atoms with E-state index in [1.54, 1.807) is 18.7 Å². The summed E-state index contributed by atoms with van der Waals surface area (Å²) >= 11 is 5.41. The number of rotatable bonds is 5. The molecule has 0 bridgehead atoms. The van der Waals surface area contributed by atoms with E-state index in [0.717, 1.165) is 27.9 Å². The number of aliphatic hydroxyl groups excluding tert-OH is 1. The third-order valence-corrected chi connectivity index (χ3v) is 5.18. The van der Waals surface area contributed by atoms with Crippen LogP contribution in [0.25, 0.3) is 0 Å². The monoisotopic (exact) mass is 354 g/mol. The summed E-state index contributed by atoms with van der Waals surface area (Å²) < 4.78 is 3.07. The minimum absolute atomic E-state index is 0.410. The quantitative estimate of drug-likeness (QED) is 0.821. The first-order valence-corrected chi connectivity index (χ1v) is 8.41. The molecule has 0 fully saturated rings. The van der Waals surface area contributed by atoms with Crippen molar-refractivity contribution in [2.24, 2.45) is 7.05 Å². The van der Waals surface area contributed by atoms with Gasteiger partial charge in [-0.2, -0.15) is 5.10 Å². The fourth-order valence-electron chi connectivity index (χ4n) is 1.97. The van der Waals surface area contributed by atoms with Crippen LogP contribution in [0.2, 0.25) is 0 Å². The first kappa shape index (κ1) is 15.6. The number of benzene rings is 1. The zero-order chi connectivity index (χ0) is 14.7. The van der Waals surface area contributed by atoms with Gasteiger partial charge in [-0.3, -0.25) is 4.68 Å². The van der Waals surface area contributed by atoms with Gasteiger partial charge in [-0.05, 0) is 47.0 Å². The third kappa shape index (κ3) is 3.45. The third-order valence-electron chi connectivity index (χ3n) is 3.24. The fraction of sp³-hybridized carbons (Fsp3) is 0.400. The van der Waals surface area contributed by atoms with Crippen molar-refractivity contribution in [1.29, 1.82) is 0 Å². The molecule has 1 atom stereocenters. The summed E-state index contributed by atoms with van der Waals surface area (Å²) in [5, 5.41) is 14.0. The molecule has 20 heavy (non-hydrogen) atoms. The lowest BCUT2D eigenvalue weighted by Gasteiger charge is -2.07. The van der Waals surface area contributed by atoms with Gasteiger partial charge in [0.15, 0.2) is 0 Å². The normalized spacial score (nSPS) is 12.7. The molecule has 1 aromatic carbocycles. The Morgan fingerprint density at radius 1 is 1.35 bits per heavy atom. The lowest BCUT2D eigenvalue weighted by atomic mass is 10.1. The number of aliphatic hydroxyl groups is 1. The summed E-state index contributed by atoms with van der Waals surface area (Å²) in [6.45, 7) is 3.89. The smallest absolute Gasteiger partial charge is 0.0767 e. The molecule has 0 saturated carbocycles. The molecule has 1 heterocycles.